The van der Waals surface area contributed by atoms with E-state index in [2.05, 4.69) is 36.3 Å². The van der Waals surface area contributed by atoms with Crippen LogP contribution in [-0.2, 0) is 13.6 Å². The third-order valence-electron chi connectivity index (χ3n) is 3.12. The van der Waals surface area contributed by atoms with E-state index >= 15 is 0 Å². The van der Waals surface area contributed by atoms with Crippen LogP contribution in [0.25, 0.3) is 0 Å². The monoisotopic (exact) mass is 283 g/mol. The van der Waals surface area contributed by atoms with Crippen molar-refractivity contribution in [3.8, 4) is 0 Å². The Morgan fingerprint density at radius 2 is 2.00 bits per heavy atom. The topological polar surface area (TPSA) is 47.7 Å². The van der Waals surface area contributed by atoms with Gasteiger partial charge < -0.3 is 5.32 Å². The van der Waals surface area contributed by atoms with Crippen LogP contribution in [-0.4, -0.2) is 19.6 Å². The van der Waals surface area contributed by atoms with Gasteiger partial charge in [-0.15, -0.1) is 12.4 Å². The van der Waals surface area contributed by atoms with Crippen molar-refractivity contribution in [2.75, 3.05) is 5.32 Å². The molecule has 6 heteroatoms. The van der Waals surface area contributed by atoms with Gasteiger partial charge in [0.1, 0.15) is 0 Å². The van der Waals surface area contributed by atoms with Crippen LogP contribution in [0.2, 0.25) is 0 Å². The van der Waals surface area contributed by atoms with Crippen molar-refractivity contribution in [2.24, 2.45) is 7.05 Å². The van der Waals surface area contributed by atoms with Crippen molar-refractivity contribution in [3.63, 3.8) is 0 Å². The van der Waals surface area contributed by atoms with E-state index in [1.807, 2.05) is 35.7 Å². The van der Waals surface area contributed by atoms with E-state index in [0.29, 0.717) is 6.04 Å². The molecule has 2 rings (SSSR count). The Morgan fingerprint density at radius 3 is 2.47 bits per heavy atom. The highest BCUT2D eigenvalue weighted by molar-refractivity contribution is 5.85. The minimum atomic E-state index is 0. The van der Waals surface area contributed by atoms with Gasteiger partial charge in [0.2, 0.25) is 0 Å². The first-order valence-corrected chi connectivity index (χ1v) is 6.26. The maximum absolute atomic E-state index is 4.41. The summed E-state index contributed by atoms with van der Waals surface area (Å²) in [5, 5.41) is 12.1. The van der Waals surface area contributed by atoms with Crippen molar-refractivity contribution < 1.29 is 0 Å². The third-order valence-corrected chi connectivity index (χ3v) is 3.12. The molecular weight excluding hydrogens is 262 g/mol. The lowest BCUT2D eigenvalue weighted by molar-refractivity contribution is 0.518. The fraction of sp³-hybridized carbons (Fsp3) is 0.538. The molecule has 2 aromatic rings. The second-order valence-electron chi connectivity index (χ2n) is 4.95. The van der Waals surface area contributed by atoms with Gasteiger partial charge >= 0.3 is 0 Å². The Morgan fingerprint density at radius 1 is 1.32 bits per heavy atom. The SMILES string of the molecule is Cc1nn(C)cc1NCc1cnn(C(C)C)c1C.Cl. The smallest absolute Gasteiger partial charge is 0.0825 e. The average Bonchev–Trinajstić information content (AvgIpc) is 2.79. The van der Waals surface area contributed by atoms with Crippen molar-refractivity contribution in [2.45, 2.75) is 40.3 Å². The zero-order chi connectivity index (χ0) is 13.3. The second kappa shape index (κ2) is 6.10. The first-order chi connectivity index (χ1) is 8.49. The zero-order valence-corrected chi connectivity index (χ0v) is 13.0. The normalized spacial score (nSPS) is 10.6. The lowest BCUT2D eigenvalue weighted by Gasteiger charge is -2.09. The van der Waals surface area contributed by atoms with Gasteiger partial charge in [-0.3, -0.25) is 9.36 Å². The largest absolute Gasteiger partial charge is 0.378 e. The van der Waals surface area contributed by atoms with Gasteiger partial charge in [0, 0.05) is 37.1 Å². The molecule has 19 heavy (non-hydrogen) atoms. The van der Waals surface area contributed by atoms with E-state index in [-0.39, 0.29) is 12.4 Å². The molecule has 0 spiro atoms. The maximum Gasteiger partial charge on any atom is 0.0825 e. The molecule has 2 aromatic heterocycles. The summed E-state index contributed by atoms with van der Waals surface area (Å²) in [7, 11) is 1.93. The number of anilines is 1. The minimum Gasteiger partial charge on any atom is -0.378 e. The van der Waals surface area contributed by atoms with E-state index in [9.17, 15) is 0 Å². The molecule has 0 amide bonds. The summed E-state index contributed by atoms with van der Waals surface area (Å²) in [6.45, 7) is 9.18. The summed E-state index contributed by atoms with van der Waals surface area (Å²) in [6.07, 6.45) is 3.94. The number of hydrogen-bond acceptors (Lipinski definition) is 3. The lowest BCUT2D eigenvalue weighted by Crippen LogP contribution is -2.06. The molecule has 106 valence electrons. The van der Waals surface area contributed by atoms with Crippen LogP contribution in [0, 0.1) is 13.8 Å². The molecule has 0 aliphatic carbocycles. The van der Waals surface area contributed by atoms with Crippen LogP contribution in [0.15, 0.2) is 12.4 Å². The molecule has 5 nitrogen and oxygen atoms in total. The van der Waals surface area contributed by atoms with E-state index in [1.54, 1.807) is 0 Å². The molecule has 0 unspecified atom stereocenters. The number of hydrogen-bond donors (Lipinski definition) is 1. The minimum absolute atomic E-state index is 0. The molecule has 0 bridgehead atoms. The van der Waals surface area contributed by atoms with Crippen LogP contribution in [0.4, 0.5) is 5.69 Å². The van der Waals surface area contributed by atoms with E-state index < -0.39 is 0 Å². The highest BCUT2D eigenvalue weighted by Crippen LogP contribution is 2.16. The number of nitrogens with zero attached hydrogens (tertiary/aromatic N) is 4. The number of rotatable bonds is 4. The van der Waals surface area contributed by atoms with Crippen LogP contribution >= 0.6 is 12.4 Å². The molecule has 0 saturated heterocycles. The lowest BCUT2D eigenvalue weighted by atomic mass is 10.2. The quantitative estimate of drug-likeness (QED) is 0.939. The van der Waals surface area contributed by atoms with Gasteiger partial charge in [0.05, 0.1) is 17.6 Å². The summed E-state index contributed by atoms with van der Waals surface area (Å²) in [4.78, 5) is 0. The van der Waals surface area contributed by atoms with Crippen molar-refractivity contribution in [3.05, 3.63) is 29.3 Å². The second-order valence-corrected chi connectivity index (χ2v) is 4.95. The van der Waals surface area contributed by atoms with Gasteiger partial charge in [0.25, 0.3) is 0 Å². The van der Waals surface area contributed by atoms with E-state index in [4.69, 9.17) is 0 Å². The van der Waals surface area contributed by atoms with Crippen molar-refractivity contribution >= 4 is 18.1 Å². The molecule has 0 aromatic carbocycles. The molecule has 0 saturated carbocycles. The number of aryl methyl sites for hydroxylation is 2. The predicted octanol–water partition coefficient (Wildman–Crippen LogP) is 2.85. The first kappa shape index (κ1) is 15.6. The third kappa shape index (κ3) is 3.29. The zero-order valence-electron chi connectivity index (χ0n) is 12.1. The molecule has 0 aliphatic heterocycles. The molecule has 0 radical (unpaired) electrons. The van der Waals surface area contributed by atoms with Crippen LogP contribution in [0.5, 0.6) is 0 Å². The summed E-state index contributed by atoms with van der Waals surface area (Å²) in [6, 6.07) is 0.402. The molecular formula is C13H22ClN5. The summed E-state index contributed by atoms with van der Waals surface area (Å²) in [5.41, 5.74) is 4.55. The Hall–Kier alpha value is -1.49. The van der Waals surface area contributed by atoms with Gasteiger partial charge in [-0.05, 0) is 27.7 Å². The Balaban J connectivity index is 0.00000180. The predicted molar refractivity (Wildman–Crippen MR) is 79.9 cm³/mol. The first-order valence-electron chi connectivity index (χ1n) is 6.26. The molecule has 2 heterocycles. The van der Waals surface area contributed by atoms with Crippen LogP contribution in [0.3, 0.4) is 0 Å². The number of aromatic nitrogens is 4. The number of nitrogens with one attached hydrogen (secondary N) is 1. The highest BCUT2D eigenvalue weighted by Gasteiger charge is 2.09. The fourth-order valence-corrected chi connectivity index (χ4v) is 2.12. The van der Waals surface area contributed by atoms with Gasteiger partial charge in [-0.2, -0.15) is 10.2 Å². The molecule has 0 atom stereocenters. The Kier molecular flexibility index (Phi) is 5.00. The Labute approximate surface area is 120 Å². The highest BCUT2D eigenvalue weighted by atomic mass is 35.5. The summed E-state index contributed by atoms with van der Waals surface area (Å²) in [5.74, 6) is 0. The van der Waals surface area contributed by atoms with Gasteiger partial charge in [-0.25, -0.2) is 0 Å². The van der Waals surface area contributed by atoms with Crippen LogP contribution < -0.4 is 5.32 Å². The average molecular weight is 284 g/mol. The van der Waals surface area contributed by atoms with E-state index in [0.717, 1.165) is 17.9 Å². The molecule has 0 aliphatic rings. The Bertz CT molecular complexity index is 541. The van der Waals surface area contributed by atoms with Crippen LogP contribution in [0.1, 0.15) is 36.8 Å². The van der Waals surface area contributed by atoms with Gasteiger partial charge in [-0.1, -0.05) is 0 Å². The van der Waals surface area contributed by atoms with Crippen molar-refractivity contribution in [1.82, 2.24) is 19.6 Å². The number of halogens is 1. The standard InChI is InChI=1S/C13H21N5.ClH/c1-9(2)18-11(4)12(7-15-18)6-14-13-8-17(5)16-10(13)3;/h7-9,14H,6H2,1-5H3;1H. The van der Waals surface area contributed by atoms with E-state index in [1.165, 1.54) is 11.3 Å². The fourth-order valence-electron chi connectivity index (χ4n) is 2.12. The molecule has 0 fully saturated rings. The van der Waals surface area contributed by atoms with Crippen molar-refractivity contribution in [1.29, 1.82) is 0 Å². The summed E-state index contributed by atoms with van der Waals surface area (Å²) < 4.78 is 3.87. The summed E-state index contributed by atoms with van der Waals surface area (Å²) >= 11 is 0. The van der Waals surface area contributed by atoms with Gasteiger partial charge in [0.15, 0.2) is 0 Å². The molecule has 1 N–H and O–H groups in total. The maximum atomic E-state index is 4.41.